The summed E-state index contributed by atoms with van der Waals surface area (Å²) in [7, 11) is 0.700. The first-order valence-corrected chi connectivity index (χ1v) is 8.96. The van der Waals surface area contributed by atoms with E-state index < -0.39 is 10.0 Å². The van der Waals surface area contributed by atoms with Gasteiger partial charge in [-0.15, -0.1) is 12.4 Å². The minimum atomic E-state index is -3.69. The highest BCUT2D eigenvalue weighted by Gasteiger charge is 2.43. The summed E-state index contributed by atoms with van der Waals surface area (Å²) in [5.41, 5.74) is 0. The zero-order valence-corrected chi connectivity index (χ0v) is 15.6. The zero-order valence-electron chi connectivity index (χ0n) is 13.9. The van der Waals surface area contributed by atoms with Crippen molar-refractivity contribution in [3.05, 3.63) is 12.1 Å². The molecule has 0 spiro atoms. The first-order chi connectivity index (χ1) is 11.0. The maximum atomic E-state index is 13.1. The second kappa shape index (κ2) is 7.35. The predicted octanol–water partition coefficient (Wildman–Crippen LogP) is 0.974. The molecular formula is C15H23ClN2O5S. The number of ether oxygens (including phenoxy) is 3. The van der Waals surface area contributed by atoms with E-state index in [2.05, 4.69) is 5.32 Å². The Bertz CT molecular complexity index is 660. The third-order valence-electron chi connectivity index (χ3n) is 4.62. The molecule has 7 nitrogen and oxygen atoms in total. The summed E-state index contributed by atoms with van der Waals surface area (Å²) in [5, 5.41) is 3.31. The van der Waals surface area contributed by atoms with Crippen molar-refractivity contribution < 1.29 is 22.6 Å². The van der Waals surface area contributed by atoms with Crippen LogP contribution in [0.1, 0.15) is 0 Å². The highest BCUT2D eigenvalue weighted by Crippen LogP contribution is 2.41. The fourth-order valence-electron chi connectivity index (χ4n) is 3.37. The molecule has 1 N–H and O–H groups in total. The molecule has 1 aromatic rings. The highest BCUT2D eigenvalue weighted by atomic mass is 35.5. The Labute approximate surface area is 148 Å². The van der Waals surface area contributed by atoms with Crippen molar-refractivity contribution in [2.45, 2.75) is 4.90 Å². The summed E-state index contributed by atoms with van der Waals surface area (Å²) < 4.78 is 43.6. The van der Waals surface area contributed by atoms with Crippen LogP contribution in [0.5, 0.6) is 17.2 Å². The van der Waals surface area contributed by atoms with Gasteiger partial charge in [-0.25, -0.2) is 8.42 Å². The van der Waals surface area contributed by atoms with E-state index in [0.29, 0.717) is 30.7 Å². The molecule has 0 aromatic heterocycles. The minimum Gasteiger partial charge on any atom is -0.496 e. The predicted molar refractivity (Wildman–Crippen MR) is 92.0 cm³/mol. The van der Waals surface area contributed by atoms with E-state index in [4.69, 9.17) is 14.2 Å². The lowest BCUT2D eigenvalue weighted by molar-refractivity contribution is 0.354. The quantitative estimate of drug-likeness (QED) is 0.822. The van der Waals surface area contributed by atoms with Gasteiger partial charge in [0.15, 0.2) is 4.90 Å². The van der Waals surface area contributed by atoms with Crippen LogP contribution in [0.4, 0.5) is 0 Å². The molecule has 3 rings (SSSR count). The third-order valence-corrected chi connectivity index (χ3v) is 6.52. The number of benzene rings is 1. The smallest absolute Gasteiger partial charge is 0.250 e. The summed E-state index contributed by atoms with van der Waals surface area (Å²) in [4.78, 5) is 0.0660. The van der Waals surface area contributed by atoms with Crippen molar-refractivity contribution in [3.63, 3.8) is 0 Å². The summed E-state index contributed by atoms with van der Waals surface area (Å²) in [6, 6.07) is 3.13. The lowest BCUT2D eigenvalue weighted by Crippen LogP contribution is -2.32. The molecule has 2 saturated heterocycles. The summed E-state index contributed by atoms with van der Waals surface area (Å²) in [6.07, 6.45) is 0. The van der Waals surface area contributed by atoms with Crippen molar-refractivity contribution in [2.75, 3.05) is 47.5 Å². The topological polar surface area (TPSA) is 77.1 Å². The van der Waals surface area contributed by atoms with E-state index in [-0.39, 0.29) is 28.8 Å². The van der Waals surface area contributed by atoms with Crippen LogP contribution >= 0.6 is 12.4 Å². The lowest BCUT2D eigenvalue weighted by Gasteiger charge is -2.21. The fourth-order valence-corrected chi connectivity index (χ4v) is 5.19. The molecule has 9 heteroatoms. The van der Waals surface area contributed by atoms with E-state index in [9.17, 15) is 8.42 Å². The monoisotopic (exact) mass is 378 g/mol. The Balaban J connectivity index is 0.00000208. The number of fused-ring (bicyclic) bond motifs is 1. The highest BCUT2D eigenvalue weighted by molar-refractivity contribution is 7.89. The van der Waals surface area contributed by atoms with Crippen LogP contribution in [0.25, 0.3) is 0 Å². The Morgan fingerprint density at radius 2 is 1.50 bits per heavy atom. The molecular weight excluding hydrogens is 356 g/mol. The molecule has 0 saturated carbocycles. The van der Waals surface area contributed by atoms with Gasteiger partial charge in [0.1, 0.15) is 17.2 Å². The van der Waals surface area contributed by atoms with Crippen LogP contribution in [-0.4, -0.2) is 60.2 Å². The van der Waals surface area contributed by atoms with E-state index in [1.54, 1.807) is 12.1 Å². The number of methoxy groups -OCH3 is 3. The van der Waals surface area contributed by atoms with Crippen LogP contribution in [0.15, 0.2) is 17.0 Å². The van der Waals surface area contributed by atoms with Gasteiger partial charge in [-0.2, -0.15) is 4.31 Å². The van der Waals surface area contributed by atoms with Crippen LogP contribution < -0.4 is 19.5 Å². The molecule has 136 valence electrons. The van der Waals surface area contributed by atoms with Crippen LogP contribution in [0.3, 0.4) is 0 Å². The molecule has 2 aliphatic heterocycles. The Kier molecular flexibility index (Phi) is 5.85. The first kappa shape index (κ1) is 19.1. The van der Waals surface area contributed by atoms with Gasteiger partial charge >= 0.3 is 0 Å². The fraction of sp³-hybridized carbons (Fsp3) is 0.600. The van der Waals surface area contributed by atoms with E-state index >= 15 is 0 Å². The van der Waals surface area contributed by atoms with Gasteiger partial charge in [0.25, 0.3) is 10.0 Å². The molecule has 2 heterocycles. The Morgan fingerprint density at radius 1 is 1.00 bits per heavy atom. The molecule has 1 aromatic carbocycles. The number of nitrogens with one attached hydrogen (secondary N) is 1. The normalized spacial score (nSPS) is 23.5. The molecule has 0 radical (unpaired) electrons. The van der Waals surface area contributed by atoms with Crippen molar-refractivity contribution in [2.24, 2.45) is 11.8 Å². The van der Waals surface area contributed by atoms with Gasteiger partial charge in [0.2, 0.25) is 0 Å². The number of hydrogen-bond acceptors (Lipinski definition) is 6. The van der Waals surface area contributed by atoms with Gasteiger partial charge in [-0.1, -0.05) is 0 Å². The summed E-state index contributed by atoms with van der Waals surface area (Å²) >= 11 is 0. The molecule has 2 aliphatic rings. The first-order valence-electron chi connectivity index (χ1n) is 7.52. The van der Waals surface area contributed by atoms with Crippen molar-refractivity contribution in [3.8, 4) is 17.2 Å². The minimum absolute atomic E-state index is 0. The standard InChI is InChI=1S/C15H22N2O5S.ClH/c1-20-12-4-13(21-2)15(14(5-12)22-3)23(18,19)17-8-10-6-16-7-11(10)9-17;/h4-5,10-11,16H,6-9H2,1-3H3;1H/t10-,11+;. The molecule has 0 bridgehead atoms. The maximum absolute atomic E-state index is 13.1. The maximum Gasteiger partial charge on any atom is 0.250 e. The lowest BCUT2D eigenvalue weighted by atomic mass is 10.0. The Morgan fingerprint density at radius 3 is 1.92 bits per heavy atom. The van der Waals surface area contributed by atoms with E-state index in [1.165, 1.54) is 25.6 Å². The molecule has 0 amide bonds. The molecule has 2 fully saturated rings. The van der Waals surface area contributed by atoms with Gasteiger partial charge in [-0.05, 0) is 24.9 Å². The average molecular weight is 379 g/mol. The number of halogens is 1. The Hall–Kier alpha value is -1.22. The SMILES string of the molecule is COc1cc(OC)c(S(=O)(=O)N2C[C@H]3CNC[C@H]3C2)c(OC)c1.Cl. The molecule has 24 heavy (non-hydrogen) atoms. The van der Waals surface area contributed by atoms with Crippen molar-refractivity contribution in [1.29, 1.82) is 0 Å². The molecule has 2 atom stereocenters. The molecule has 0 aliphatic carbocycles. The zero-order chi connectivity index (χ0) is 16.6. The van der Waals surface area contributed by atoms with Gasteiger partial charge in [-0.3, -0.25) is 0 Å². The number of sulfonamides is 1. The number of rotatable bonds is 5. The molecule has 0 unspecified atom stereocenters. The number of nitrogens with zero attached hydrogens (tertiary/aromatic N) is 1. The van der Waals surface area contributed by atoms with E-state index in [0.717, 1.165) is 13.1 Å². The van der Waals surface area contributed by atoms with Crippen molar-refractivity contribution >= 4 is 22.4 Å². The van der Waals surface area contributed by atoms with Gasteiger partial charge < -0.3 is 19.5 Å². The average Bonchev–Trinajstić information content (AvgIpc) is 3.15. The van der Waals surface area contributed by atoms with Crippen LogP contribution in [-0.2, 0) is 10.0 Å². The van der Waals surface area contributed by atoms with Gasteiger partial charge in [0, 0.05) is 25.2 Å². The largest absolute Gasteiger partial charge is 0.496 e. The summed E-state index contributed by atoms with van der Waals surface area (Å²) in [6.45, 7) is 2.79. The third kappa shape index (κ3) is 3.15. The van der Waals surface area contributed by atoms with Gasteiger partial charge in [0.05, 0.1) is 21.3 Å². The van der Waals surface area contributed by atoms with Crippen LogP contribution in [0, 0.1) is 11.8 Å². The number of hydrogen-bond donors (Lipinski definition) is 1. The summed E-state index contributed by atoms with van der Waals surface area (Å²) in [5.74, 6) is 1.70. The van der Waals surface area contributed by atoms with Crippen LogP contribution in [0.2, 0.25) is 0 Å². The second-order valence-electron chi connectivity index (χ2n) is 5.86. The van der Waals surface area contributed by atoms with Crippen molar-refractivity contribution in [1.82, 2.24) is 9.62 Å². The van der Waals surface area contributed by atoms with E-state index in [1.807, 2.05) is 0 Å². The second-order valence-corrected chi connectivity index (χ2v) is 7.74.